The van der Waals surface area contributed by atoms with Crippen LogP contribution in [-0.4, -0.2) is 53.8 Å². The first-order valence-corrected chi connectivity index (χ1v) is 10.1. The van der Waals surface area contributed by atoms with Gasteiger partial charge >= 0.3 is 0 Å². The molecule has 2 heterocycles. The van der Waals surface area contributed by atoms with Gasteiger partial charge in [-0.25, -0.2) is 4.98 Å². The van der Waals surface area contributed by atoms with Gasteiger partial charge in [-0.3, -0.25) is 19.8 Å². The fraction of sp³-hybridized carbons (Fsp3) is 0.389. The van der Waals surface area contributed by atoms with Gasteiger partial charge in [-0.2, -0.15) is 0 Å². The van der Waals surface area contributed by atoms with Crippen LogP contribution in [0.1, 0.15) is 34.9 Å². The van der Waals surface area contributed by atoms with Crippen LogP contribution in [0.25, 0.3) is 0 Å². The molecule has 0 bridgehead atoms. The van der Waals surface area contributed by atoms with Gasteiger partial charge in [0.15, 0.2) is 5.13 Å². The number of aromatic nitrogens is 1. The monoisotopic (exact) mass is 436 g/mol. The predicted octanol–water partition coefficient (Wildman–Crippen LogP) is 3.38. The molecule has 1 aliphatic rings. The molecule has 0 unspecified atom stereocenters. The number of carbonyl (C=O) groups excluding carboxylic acids is 2. The fourth-order valence-corrected chi connectivity index (χ4v) is 3.95. The third-order valence-corrected chi connectivity index (χ3v) is 5.70. The molecule has 1 aromatic carbocycles. The zero-order valence-corrected chi connectivity index (χ0v) is 17.1. The van der Waals surface area contributed by atoms with Gasteiger partial charge in [0.25, 0.3) is 5.91 Å². The molecule has 3 rings (SSSR count). The zero-order valence-electron chi connectivity index (χ0n) is 14.7. The Balaban J connectivity index is 1.66. The van der Waals surface area contributed by atoms with Crippen molar-refractivity contribution in [1.29, 1.82) is 0 Å². The molecule has 8 heteroatoms. The molecule has 1 fully saturated rings. The van der Waals surface area contributed by atoms with Gasteiger partial charge in [-0.15, -0.1) is 11.3 Å². The molecular formula is C18H21BrN4O2S. The Labute approximate surface area is 165 Å². The molecular weight excluding hydrogens is 416 g/mol. The summed E-state index contributed by atoms with van der Waals surface area (Å²) >= 11 is 4.78. The number of likely N-dealkylation sites (tertiary alicyclic amines) is 1. The average Bonchev–Trinajstić information content (AvgIpc) is 3.24. The number of nitrogens with one attached hydrogen (secondary N) is 1. The quantitative estimate of drug-likeness (QED) is 0.779. The van der Waals surface area contributed by atoms with Crippen molar-refractivity contribution in [3.63, 3.8) is 0 Å². The molecule has 2 amide bonds. The lowest BCUT2D eigenvalue weighted by molar-refractivity contribution is -0.130. The largest absolute Gasteiger partial charge is 0.348 e. The Morgan fingerprint density at radius 1 is 1.35 bits per heavy atom. The molecule has 1 atom stereocenters. The summed E-state index contributed by atoms with van der Waals surface area (Å²) in [7, 11) is 3.54. The van der Waals surface area contributed by atoms with Crippen LogP contribution in [0.3, 0.4) is 0 Å². The maximum absolute atomic E-state index is 12.3. The van der Waals surface area contributed by atoms with Crippen molar-refractivity contribution in [2.75, 3.05) is 32.5 Å². The minimum absolute atomic E-state index is 0.0934. The first-order chi connectivity index (χ1) is 12.4. The van der Waals surface area contributed by atoms with Crippen molar-refractivity contribution in [1.82, 2.24) is 14.8 Å². The molecule has 1 aliphatic heterocycles. The molecule has 0 aliphatic carbocycles. The van der Waals surface area contributed by atoms with Crippen LogP contribution in [-0.2, 0) is 4.79 Å². The lowest BCUT2D eigenvalue weighted by Crippen LogP contribution is -2.36. The molecule has 2 aromatic rings. The highest BCUT2D eigenvalue weighted by Crippen LogP contribution is 2.33. The number of hydrogen-bond acceptors (Lipinski definition) is 5. The van der Waals surface area contributed by atoms with Gasteiger partial charge in [0, 0.05) is 29.5 Å². The molecule has 1 N–H and O–H groups in total. The number of thiazole rings is 1. The van der Waals surface area contributed by atoms with E-state index in [0.29, 0.717) is 17.2 Å². The third kappa shape index (κ3) is 4.49. The second kappa shape index (κ2) is 8.28. The highest BCUT2D eigenvalue weighted by atomic mass is 79.9. The second-order valence-electron chi connectivity index (χ2n) is 6.46. The normalized spacial score (nSPS) is 17.3. The summed E-state index contributed by atoms with van der Waals surface area (Å²) in [5.41, 5.74) is 1.51. The summed E-state index contributed by atoms with van der Waals surface area (Å²) in [6.45, 7) is 1.29. The molecule has 138 valence electrons. The molecule has 26 heavy (non-hydrogen) atoms. The lowest BCUT2D eigenvalue weighted by atomic mass is 10.1. The minimum Gasteiger partial charge on any atom is -0.348 e. The van der Waals surface area contributed by atoms with E-state index in [1.165, 1.54) is 11.3 Å². The summed E-state index contributed by atoms with van der Waals surface area (Å²) in [6, 6.07) is 7.33. The van der Waals surface area contributed by atoms with Gasteiger partial charge < -0.3 is 4.90 Å². The second-order valence-corrected chi connectivity index (χ2v) is 8.23. The van der Waals surface area contributed by atoms with Gasteiger partial charge in [0.1, 0.15) is 0 Å². The van der Waals surface area contributed by atoms with Crippen molar-refractivity contribution < 1.29 is 9.59 Å². The lowest BCUT2D eigenvalue weighted by Gasteiger charge is -2.23. The van der Waals surface area contributed by atoms with Crippen molar-refractivity contribution in [3.05, 3.63) is 45.4 Å². The first-order valence-electron chi connectivity index (χ1n) is 8.40. The van der Waals surface area contributed by atoms with Gasteiger partial charge in [-0.1, -0.05) is 15.9 Å². The molecule has 0 radical (unpaired) electrons. The summed E-state index contributed by atoms with van der Waals surface area (Å²) in [6.07, 6.45) is 2.02. The number of hydrogen-bond donors (Lipinski definition) is 1. The fourth-order valence-electron chi connectivity index (χ4n) is 2.93. The van der Waals surface area contributed by atoms with Crippen LogP contribution >= 0.6 is 27.3 Å². The third-order valence-electron chi connectivity index (χ3n) is 4.39. The molecule has 6 nitrogen and oxygen atoms in total. The van der Waals surface area contributed by atoms with E-state index < -0.39 is 0 Å². The van der Waals surface area contributed by atoms with Crippen molar-refractivity contribution in [2.45, 2.75) is 18.9 Å². The minimum atomic E-state index is -0.176. The Kier molecular flexibility index (Phi) is 6.05. The van der Waals surface area contributed by atoms with E-state index in [0.717, 1.165) is 29.6 Å². The summed E-state index contributed by atoms with van der Waals surface area (Å²) < 4.78 is 0.930. The van der Waals surface area contributed by atoms with Crippen molar-refractivity contribution in [3.8, 4) is 0 Å². The number of anilines is 1. The van der Waals surface area contributed by atoms with E-state index >= 15 is 0 Å². The van der Waals surface area contributed by atoms with E-state index in [1.54, 1.807) is 31.1 Å². The zero-order chi connectivity index (χ0) is 18.7. The number of likely N-dealkylation sites (N-methyl/N-ethyl adjacent to an activating group) is 1. The van der Waals surface area contributed by atoms with Crippen molar-refractivity contribution >= 4 is 44.2 Å². The summed E-state index contributed by atoms with van der Waals surface area (Å²) in [5.74, 6) is -0.0830. The van der Waals surface area contributed by atoms with E-state index in [1.807, 2.05) is 17.5 Å². The molecule has 0 saturated carbocycles. The summed E-state index contributed by atoms with van der Waals surface area (Å²) in [4.78, 5) is 32.7. The topological polar surface area (TPSA) is 65.5 Å². The van der Waals surface area contributed by atoms with E-state index in [2.05, 4.69) is 31.1 Å². The van der Waals surface area contributed by atoms with Gasteiger partial charge in [0.05, 0.1) is 18.3 Å². The number of rotatable bonds is 5. The Morgan fingerprint density at radius 3 is 2.77 bits per heavy atom. The van der Waals surface area contributed by atoms with E-state index in [-0.39, 0.29) is 17.9 Å². The number of halogens is 1. The first kappa shape index (κ1) is 19.0. The maximum Gasteiger partial charge on any atom is 0.257 e. The number of benzene rings is 1. The molecule has 0 spiro atoms. The van der Waals surface area contributed by atoms with Gasteiger partial charge in [0.2, 0.25) is 5.91 Å². The number of carbonyl (C=O) groups is 2. The highest BCUT2D eigenvalue weighted by molar-refractivity contribution is 9.10. The van der Waals surface area contributed by atoms with Crippen LogP contribution in [0.5, 0.6) is 0 Å². The predicted molar refractivity (Wildman–Crippen MR) is 106 cm³/mol. The Hall–Kier alpha value is -1.77. The van der Waals surface area contributed by atoms with Crippen molar-refractivity contribution in [2.24, 2.45) is 0 Å². The van der Waals surface area contributed by atoms with Crippen LogP contribution in [0, 0.1) is 0 Å². The highest BCUT2D eigenvalue weighted by Gasteiger charge is 2.29. The average molecular weight is 437 g/mol. The van der Waals surface area contributed by atoms with Crippen LogP contribution in [0.4, 0.5) is 5.13 Å². The SMILES string of the molecule is CN(C)C(=O)CN1CCC[C@@H]1c1csc(NC(=O)c2ccc(Br)cc2)n1. The summed E-state index contributed by atoms with van der Waals surface area (Å²) in [5, 5.41) is 5.41. The van der Waals surface area contributed by atoms with Crippen LogP contribution in [0.15, 0.2) is 34.1 Å². The standard InChI is InChI=1S/C18H21BrN4O2S/c1-22(2)16(24)10-23-9-3-4-15(23)14-11-26-18(20-14)21-17(25)12-5-7-13(19)8-6-12/h5-8,11,15H,3-4,9-10H2,1-2H3,(H,20,21,25)/t15-/m1/s1. The smallest absolute Gasteiger partial charge is 0.257 e. The van der Waals surface area contributed by atoms with Crippen LogP contribution in [0.2, 0.25) is 0 Å². The van der Waals surface area contributed by atoms with E-state index in [4.69, 9.17) is 0 Å². The molecule has 1 saturated heterocycles. The Morgan fingerprint density at radius 2 is 2.08 bits per heavy atom. The molecule has 1 aromatic heterocycles. The van der Waals surface area contributed by atoms with Gasteiger partial charge in [-0.05, 0) is 43.7 Å². The number of amides is 2. The van der Waals surface area contributed by atoms with Crippen LogP contribution < -0.4 is 5.32 Å². The maximum atomic E-state index is 12.3. The van der Waals surface area contributed by atoms with E-state index in [9.17, 15) is 9.59 Å². The number of nitrogens with zero attached hydrogens (tertiary/aromatic N) is 3. The Bertz CT molecular complexity index is 791.